The fraction of sp³-hybridized carbons (Fsp3) is 0.556. The maximum atomic E-state index is 12.0. The lowest BCUT2D eigenvalue weighted by Crippen LogP contribution is -2.42. The first-order valence-electron chi connectivity index (χ1n) is 7.96. The lowest BCUT2D eigenvalue weighted by atomic mass is 9.89. The highest BCUT2D eigenvalue weighted by atomic mass is 16.6. The smallest absolute Gasteiger partial charge is 0.410 e. The number of hydrogen-bond acceptors (Lipinski definition) is 3. The minimum atomic E-state index is -0.441. The molecule has 0 aromatic heterocycles. The van der Waals surface area contributed by atoms with Gasteiger partial charge >= 0.3 is 6.09 Å². The number of hydrogen-bond donors (Lipinski definition) is 1. The first-order chi connectivity index (χ1) is 10.3. The highest BCUT2D eigenvalue weighted by Gasteiger charge is 2.27. The molecule has 1 fully saturated rings. The summed E-state index contributed by atoms with van der Waals surface area (Å²) in [5, 5.41) is 8.21. The Balaban J connectivity index is 1.80. The summed E-state index contributed by atoms with van der Waals surface area (Å²) in [6.45, 7) is 7.11. The monoisotopic (exact) mass is 302 g/mol. The van der Waals surface area contributed by atoms with Crippen LogP contribution in [-0.2, 0) is 4.74 Å². The van der Waals surface area contributed by atoms with E-state index < -0.39 is 5.60 Å². The largest absolute Gasteiger partial charge is 0.444 e. The van der Waals surface area contributed by atoms with E-state index in [0.29, 0.717) is 11.6 Å². The Hall–Kier alpha value is -1.84. The molecule has 4 heteroatoms. The molecule has 1 amide bonds. The van der Waals surface area contributed by atoms with Crippen LogP contribution >= 0.6 is 0 Å². The van der Waals surface area contributed by atoms with E-state index in [-0.39, 0.29) is 6.09 Å². The normalized spacial score (nSPS) is 16.4. The fourth-order valence-corrected chi connectivity index (χ4v) is 2.69. The summed E-state index contributed by atoms with van der Waals surface area (Å²) in [4.78, 5) is 13.8. The number of carbonyl (C=O) groups is 1. The molecule has 4 nitrogen and oxygen atoms in total. The van der Waals surface area contributed by atoms with Gasteiger partial charge in [-0.05, 0) is 51.5 Å². The van der Waals surface area contributed by atoms with Gasteiger partial charge < -0.3 is 15.0 Å². The van der Waals surface area contributed by atoms with Crippen molar-refractivity contribution in [1.29, 1.82) is 5.41 Å². The third-order valence-electron chi connectivity index (χ3n) is 3.88. The molecular weight excluding hydrogens is 276 g/mol. The van der Waals surface area contributed by atoms with Crippen LogP contribution in [0, 0.1) is 11.3 Å². The molecule has 1 aliphatic heterocycles. The van der Waals surface area contributed by atoms with E-state index in [9.17, 15) is 4.79 Å². The number of piperidine rings is 1. The number of rotatable bonds is 3. The van der Waals surface area contributed by atoms with Crippen molar-refractivity contribution in [3.8, 4) is 0 Å². The van der Waals surface area contributed by atoms with E-state index in [0.717, 1.165) is 37.9 Å². The van der Waals surface area contributed by atoms with Gasteiger partial charge in [0.05, 0.1) is 0 Å². The summed E-state index contributed by atoms with van der Waals surface area (Å²) < 4.78 is 5.41. The molecule has 0 spiro atoms. The van der Waals surface area contributed by atoms with Gasteiger partial charge in [0.1, 0.15) is 5.60 Å². The van der Waals surface area contributed by atoms with Crippen molar-refractivity contribution >= 4 is 11.8 Å². The van der Waals surface area contributed by atoms with Crippen molar-refractivity contribution in [3.63, 3.8) is 0 Å². The van der Waals surface area contributed by atoms with Crippen molar-refractivity contribution in [2.75, 3.05) is 13.1 Å². The molecule has 1 heterocycles. The van der Waals surface area contributed by atoms with Crippen LogP contribution in [0.5, 0.6) is 0 Å². The van der Waals surface area contributed by atoms with Gasteiger partial charge in [0.25, 0.3) is 0 Å². The highest BCUT2D eigenvalue weighted by Crippen LogP contribution is 2.23. The quantitative estimate of drug-likeness (QED) is 0.855. The average molecular weight is 302 g/mol. The van der Waals surface area contributed by atoms with Gasteiger partial charge in [-0.25, -0.2) is 4.79 Å². The maximum Gasteiger partial charge on any atom is 0.410 e. The molecule has 1 aromatic rings. The lowest BCUT2D eigenvalue weighted by molar-refractivity contribution is 0.0186. The molecule has 120 valence electrons. The molecular formula is C18H26N2O2. The van der Waals surface area contributed by atoms with Crippen molar-refractivity contribution in [3.05, 3.63) is 35.9 Å². The van der Waals surface area contributed by atoms with E-state index in [2.05, 4.69) is 0 Å². The molecule has 0 unspecified atom stereocenters. The Morgan fingerprint density at radius 3 is 2.36 bits per heavy atom. The van der Waals surface area contributed by atoms with Crippen molar-refractivity contribution in [2.24, 2.45) is 5.92 Å². The number of nitrogens with zero attached hydrogens (tertiary/aromatic N) is 1. The zero-order chi connectivity index (χ0) is 16.2. The lowest BCUT2D eigenvalue weighted by Gasteiger charge is -2.33. The summed E-state index contributed by atoms with van der Waals surface area (Å²) >= 11 is 0. The first-order valence-corrected chi connectivity index (χ1v) is 7.96. The molecule has 1 aromatic carbocycles. The Bertz CT molecular complexity index is 512. The number of amides is 1. The van der Waals surface area contributed by atoms with Gasteiger partial charge in [-0.2, -0.15) is 0 Å². The van der Waals surface area contributed by atoms with Crippen LogP contribution in [0.2, 0.25) is 0 Å². The minimum Gasteiger partial charge on any atom is -0.444 e. The van der Waals surface area contributed by atoms with Crippen LogP contribution in [0.4, 0.5) is 4.79 Å². The van der Waals surface area contributed by atoms with Crippen LogP contribution in [0.15, 0.2) is 30.3 Å². The standard InChI is InChI=1S/C18H26N2O2/c1-18(2,3)22-17(21)20-11-9-14(10-12-20)13-16(19)15-7-5-4-6-8-15/h4-8,14,19H,9-13H2,1-3H3. The van der Waals surface area contributed by atoms with Gasteiger partial charge in [-0.1, -0.05) is 30.3 Å². The summed E-state index contributed by atoms with van der Waals surface area (Å²) in [6, 6.07) is 9.87. The fourth-order valence-electron chi connectivity index (χ4n) is 2.69. The molecule has 0 saturated carbocycles. The third-order valence-corrected chi connectivity index (χ3v) is 3.88. The van der Waals surface area contributed by atoms with E-state index in [1.165, 1.54) is 0 Å². The Morgan fingerprint density at radius 2 is 1.82 bits per heavy atom. The van der Waals surface area contributed by atoms with Gasteiger partial charge in [0, 0.05) is 18.8 Å². The molecule has 1 saturated heterocycles. The molecule has 0 atom stereocenters. The topological polar surface area (TPSA) is 53.4 Å². The maximum absolute atomic E-state index is 12.0. The SMILES string of the molecule is CC(C)(C)OC(=O)N1CCC(CC(=N)c2ccccc2)CC1. The first kappa shape index (κ1) is 16.5. The van der Waals surface area contributed by atoms with Crippen LogP contribution in [0.25, 0.3) is 0 Å². The van der Waals surface area contributed by atoms with Crippen molar-refractivity contribution < 1.29 is 9.53 Å². The highest BCUT2D eigenvalue weighted by molar-refractivity contribution is 5.98. The Morgan fingerprint density at radius 1 is 1.23 bits per heavy atom. The van der Waals surface area contributed by atoms with Crippen molar-refractivity contribution in [2.45, 2.75) is 45.6 Å². The molecule has 2 rings (SSSR count). The zero-order valence-corrected chi connectivity index (χ0v) is 13.8. The molecule has 0 bridgehead atoms. The van der Waals surface area contributed by atoms with Crippen LogP contribution < -0.4 is 0 Å². The zero-order valence-electron chi connectivity index (χ0n) is 13.8. The Kier molecular flexibility index (Phi) is 5.22. The van der Waals surface area contributed by atoms with Crippen LogP contribution in [-0.4, -0.2) is 35.4 Å². The summed E-state index contributed by atoms with van der Waals surface area (Å²) in [5.74, 6) is 0.478. The summed E-state index contributed by atoms with van der Waals surface area (Å²) in [6.07, 6.45) is 2.44. The Labute approximate surface area is 133 Å². The predicted molar refractivity (Wildman–Crippen MR) is 88.4 cm³/mol. The second-order valence-corrected chi connectivity index (χ2v) is 6.96. The molecule has 22 heavy (non-hydrogen) atoms. The summed E-state index contributed by atoms with van der Waals surface area (Å²) in [5.41, 5.74) is 1.25. The molecule has 1 N–H and O–H groups in total. The number of carbonyl (C=O) groups excluding carboxylic acids is 1. The molecule has 0 aliphatic carbocycles. The van der Waals surface area contributed by atoms with E-state index >= 15 is 0 Å². The predicted octanol–water partition coefficient (Wildman–Crippen LogP) is 4.09. The third kappa shape index (κ3) is 4.86. The second-order valence-electron chi connectivity index (χ2n) is 6.96. The summed E-state index contributed by atoms with van der Waals surface area (Å²) in [7, 11) is 0. The second kappa shape index (κ2) is 6.95. The number of benzene rings is 1. The molecule has 0 radical (unpaired) electrons. The van der Waals surface area contributed by atoms with Crippen LogP contribution in [0.1, 0.15) is 45.6 Å². The number of likely N-dealkylation sites (tertiary alicyclic amines) is 1. The van der Waals surface area contributed by atoms with E-state index in [1.807, 2.05) is 51.1 Å². The number of nitrogens with one attached hydrogen (secondary N) is 1. The molecule has 1 aliphatic rings. The van der Waals surface area contributed by atoms with Gasteiger partial charge in [0.2, 0.25) is 0 Å². The van der Waals surface area contributed by atoms with Crippen molar-refractivity contribution in [1.82, 2.24) is 4.90 Å². The van der Waals surface area contributed by atoms with Gasteiger partial charge in [0.15, 0.2) is 0 Å². The number of ether oxygens (including phenoxy) is 1. The average Bonchev–Trinajstić information content (AvgIpc) is 2.47. The van der Waals surface area contributed by atoms with Gasteiger partial charge in [-0.3, -0.25) is 0 Å². The van der Waals surface area contributed by atoms with E-state index in [1.54, 1.807) is 4.90 Å². The van der Waals surface area contributed by atoms with E-state index in [4.69, 9.17) is 10.1 Å². The minimum absolute atomic E-state index is 0.218. The van der Waals surface area contributed by atoms with Crippen LogP contribution in [0.3, 0.4) is 0 Å². The van der Waals surface area contributed by atoms with Gasteiger partial charge in [-0.15, -0.1) is 0 Å².